The van der Waals surface area contributed by atoms with Crippen molar-refractivity contribution in [2.75, 3.05) is 13.2 Å². The van der Waals surface area contributed by atoms with E-state index in [9.17, 15) is 9.59 Å². The zero-order chi connectivity index (χ0) is 20.3. The Labute approximate surface area is 166 Å². The average Bonchev–Trinajstić information content (AvgIpc) is 3.02. The van der Waals surface area contributed by atoms with E-state index in [1.807, 2.05) is 20.8 Å². The standard InChI is InChI=1S/C23H29NO4/c1-5-16-6-8-17(9-7-16)18-12-19-21(20(25)13-18)15(4)22(24-19)23(26)28-11-10-27-14(2)3/h6-9,14,18,24H,5,10-13H2,1-4H3/t18-/m0/s1. The molecule has 0 unspecified atom stereocenters. The molecule has 0 radical (unpaired) electrons. The number of aromatic nitrogens is 1. The first-order valence-corrected chi connectivity index (χ1v) is 10.0. The number of aromatic amines is 1. The highest BCUT2D eigenvalue weighted by atomic mass is 16.6. The van der Waals surface area contributed by atoms with Gasteiger partial charge in [-0.3, -0.25) is 4.79 Å². The molecule has 28 heavy (non-hydrogen) atoms. The monoisotopic (exact) mass is 383 g/mol. The number of H-pyrrole nitrogens is 1. The van der Waals surface area contributed by atoms with Gasteiger partial charge in [0.15, 0.2) is 5.78 Å². The molecule has 1 heterocycles. The molecule has 0 saturated heterocycles. The van der Waals surface area contributed by atoms with Crippen LogP contribution in [0.25, 0.3) is 0 Å². The number of esters is 1. The van der Waals surface area contributed by atoms with Crippen molar-refractivity contribution in [2.45, 2.75) is 59.0 Å². The van der Waals surface area contributed by atoms with Gasteiger partial charge in [-0.05, 0) is 56.2 Å². The SMILES string of the molecule is CCc1ccc([C@@H]2CC(=O)c3c([nH]c(C(=O)OCCOC(C)C)c3C)C2)cc1. The molecule has 1 aromatic carbocycles. The number of hydrogen-bond donors (Lipinski definition) is 1. The Morgan fingerprint density at radius 2 is 1.89 bits per heavy atom. The predicted molar refractivity (Wildman–Crippen MR) is 108 cm³/mol. The Balaban J connectivity index is 1.74. The van der Waals surface area contributed by atoms with E-state index in [0.29, 0.717) is 29.8 Å². The van der Waals surface area contributed by atoms with E-state index in [-0.39, 0.29) is 24.4 Å². The van der Waals surface area contributed by atoms with Crippen LogP contribution in [0.5, 0.6) is 0 Å². The van der Waals surface area contributed by atoms with Gasteiger partial charge in [-0.2, -0.15) is 0 Å². The molecule has 1 aliphatic carbocycles. The number of carbonyl (C=O) groups excluding carboxylic acids is 2. The average molecular weight is 383 g/mol. The molecule has 1 N–H and O–H groups in total. The minimum Gasteiger partial charge on any atom is -0.459 e. The summed E-state index contributed by atoms with van der Waals surface area (Å²) in [5.74, 6) is -0.218. The number of ketones is 1. The van der Waals surface area contributed by atoms with Crippen molar-refractivity contribution >= 4 is 11.8 Å². The smallest absolute Gasteiger partial charge is 0.355 e. The van der Waals surface area contributed by atoms with Crippen LogP contribution in [0.1, 0.15) is 76.3 Å². The normalized spacial score (nSPS) is 16.3. The fourth-order valence-corrected chi connectivity index (χ4v) is 3.79. The molecule has 3 rings (SSSR count). The molecular formula is C23H29NO4. The van der Waals surface area contributed by atoms with Crippen LogP contribution in [0, 0.1) is 6.92 Å². The molecule has 2 aromatic rings. The van der Waals surface area contributed by atoms with Crippen LogP contribution >= 0.6 is 0 Å². The fraction of sp³-hybridized carbons (Fsp3) is 0.478. The van der Waals surface area contributed by atoms with Crippen LogP contribution in [-0.4, -0.2) is 36.1 Å². The number of rotatable bonds is 7. The third-order valence-corrected chi connectivity index (χ3v) is 5.32. The summed E-state index contributed by atoms with van der Waals surface area (Å²) in [5.41, 5.74) is 5.02. The topological polar surface area (TPSA) is 68.4 Å². The number of aryl methyl sites for hydroxylation is 1. The van der Waals surface area contributed by atoms with Crippen LogP contribution in [0.15, 0.2) is 24.3 Å². The first-order chi connectivity index (χ1) is 13.4. The summed E-state index contributed by atoms with van der Waals surface area (Å²) in [4.78, 5) is 28.4. The van der Waals surface area contributed by atoms with Crippen molar-refractivity contribution in [1.29, 1.82) is 0 Å². The van der Waals surface area contributed by atoms with E-state index in [0.717, 1.165) is 18.5 Å². The van der Waals surface area contributed by atoms with Gasteiger partial charge in [0.05, 0.1) is 12.7 Å². The molecular weight excluding hydrogens is 354 g/mol. The van der Waals surface area contributed by atoms with Gasteiger partial charge < -0.3 is 14.5 Å². The van der Waals surface area contributed by atoms with Gasteiger partial charge >= 0.3 is 5.97 Å². The molecule has 1 atom stereocenters. The third-order valence-electron chi connectivity index (χ3n) is 5.32. The lowest BCUT2D eigenvalue weighted by molar-refractivity contribution is 0.0172. The van der Waals surface area contributed by atoms with Crippen LogP contribution in [0.3, 0.4) is 0 Å². The molecule has 150 valence electrons. The van der Waals surface area contributed by atoms with Crippen molar-refractivity contribution in [3.05, 3.63) is 57.9 Å². The fourth-order valence-electron chi connectivity index (χ4n) is 3.79. The molecule has 0 saturated carbocycles. The summed E-state index contributed by atoms with van der Waals surface area (Å²) in [7, 11) is 0. The van der Waals surface area contributed by atoms with Gasteiger partial charge in [0, 0.05) is 17.7 Å². The number of carbonyl (C=O) groups is 2. The first kappa shape index (κ1) is 20.3. The van der Waals surface area contributed by atoms with Gasteiger partial charge in [-0.15, -0.1) is 0 Å². The molecule has 0 bridgehead atoms. The number of hydrogen-bond acceptors (Lipinski definition) is 4. The zero-order valence-electron chi connectivity index (χ0n) is 17.1. The maximum Gasteiger partial charge on any atom is 0.355 e. The van der Waals surface area contributed by atoms with E-state index >= 15 is 0 Å². The summed E-state index contributed by atoms with van der Waals surface area (Å²) in [6.45, 7) is 8.36. The maximum absolute atomic E-state index is 12.8. The highest BCUT2D eigenvalue weighted by molar-refractivity contribution is 6.03. The van der Waals surface area contributed by atoms with E-state index in [4.69, 9.17) is 9.47 Å². The van der Waals surface area contributed by atoms with Crippen molar-refractivity contribution in [1.82, 2.24) is 4.98 Å². The Kier molecular flexibility index (Phi) is 6.35. The summed E-state index contributed by atoms with van der Waals surface area (Å²) in [6, 6.07) is 8.47. The van der Waals surface area contributed by atoms with Gasteiger partial charge in [0.25, 0.3) is 0 Å². The Morgan fingerprint density at radius 1 is 1.18 bits per heavy atom. The van der Waals surface area contributed by atoms with Gasteiger partial charge in [0.2, 0.25) is 0 Å². The van der Waals surface area contributed by atoms with Crippen LogP contribution in [0.4, 0.5) is 0 Å². The van der Waals surface area contributed by atoms with Gasteiger partial charge in [-0.25, -0.2) is 4.79 Å². The Hall–Kier alpha value is -2.40. The molecule has 0 spiro atoms. The first-order valence-electron chi connectivity index (χ1n) is 10.0. The molecule has 0 amide bonds. The summed E-state index contributed by atoms with van der Waals surface area (Å²) >= 11 is 0. The quantitative estimate of drug-likeness (QED) is 0.569. The summed E-state index contributed by atoms with van der Waals surface area (Å²) in [5, 5.41) is 0. The zero-order valence-corrected chi connectivity index (χ0v) is 17.1. The summed E-state index contributed by atoms with van der Waals surface area (Å²) in [6.07, 6.45) is 2.28. The molecule has 0 aliphatic heterocycles. The minimum absolute atomic E-state index is 0.0850. The number of nitrogens with one attached hydrogen (secondary N) is 1. The van der Waals surface area contributed by atoms with Gasteiger partial charge in [-0.1, -0.05) is 31.2 Å². The molecule has 5 heteroatoms. The van der Waals surface area contributed by atoms with Crippen LogP contribution in [-0.2, 0) is 22.3 Å². The van der Waals surface area contributed by atoms with E-state index in [2.05, 4.69) is 36.2 Å². The number of Topliss-reactive ketones (excluding diaryl/α,β-unsaturated/α-hetero) is 1. The largest absolute Gasteiger partial charge is 0.459 e. The van der Waals surface area contributed by atoms with E-state index in [1.165, 1.54) is 11.1 Å². The Bertz CT molecular complexity index is 848. The lowest BCUT2D eigenvalue weighted by atomic mass is 9.81. The molecule has 1 aromatic heterocycles. The van der Waals surface area contributed by atoms with Gasteiger partial charge in [0.1, 0.15) is 12.3 Å². The van der Waals surface area contributed by atoms with E-state index in [1.54, 1.807) is 0 Å². The third kappa shape index (κ3) is 4.36. The lowest BCUT2D eigenvalue weighted by Gasteiger charge is -2.22. The highest BCUT2D eigenvalue weighted by Crippen LogP contribution is 2.35. The van der Waals surface area contributed by atoms with Crippen molar-refractivity contribution < 1.29 is 19.1 Å². The van der Waals surface area contributed by atoms with E-state index < -0.39 is 5.97 Å². The second-order valence-electron chi connectivity index (χ2n) is 7.66. The summed E-state index contributed by atoms with van der Waals surface area (Å²) < 4.78 is 10.7. The van der Waals surface area contributed by atoms with Crippen LogP contribution < -0.4 is 0 Å². The molecule has 0 fully saturated rings. The predicted octanol–water partition coefficient (Wildman–Crippen LogP) is 4.38. The van der Waals surface area contributed by atoms with Crippen molar-refractivity contribution in [3.8, 4) is 0 Å². The van der Waals surface area contributed by atoms with Crippen molar-refractivity contribution in [3.63, 3.8) is 0 Å². The second-order valence-corrected chi connectivity index (χ2v) is 7.66. The maximum atomic E-state index is 12.8. The molecule has 5 nitrogen and oxygen atoms in total. The number of fused-ring (bicyclic) bond motifs is 1. The lowest BCUT2D eigenvalue weighted by Crippen LogP contribution is -2.18. The second kappa shape index (κ2) is 8.74. The Morgan fingerprint density at radius 3 is 2.54 bits per heavy atom. The number of benzene rings is 1. The number of ether oxygens (including phenoxy) is 2. The van der Waals surface area contributed by atoms with Crippen LogP contribution in [0.2, 0.25) is 0 Å². The minimum atomic E-state index is -0.434. The highest BCUT2D eigenvalue weighted by Gasteiger charge is 2.32. The molecule has 1 aliphatic rings. The van der Waals surface area contributed by atoms with Crippen molar-refractivity contribution in [2.24, 2.45) is 0 Å².